The highest BCUT2D eigenvalue weighted by molar-refractivity contribution is 5.32. The first-order valence-electron chi connectivity index (χ1n) is 6.04. The van der Waals surface area contributed by atoms with Crippen molar-refractivity contribution in [2.45, 2.75) is 31.7 Å². The van der Waals surface area contributed by atoms with Gasteiger partial charge in [-0.1, -0.05) is 25.3 Å². The summed E-state index contributed by atoms with van der Waals surface area (Å²) in [5.41, 5.74) is 3.79. The van der Waals surface area contributed by atoms with Gasteiger partial charge in [-0.05, 0) is 30.0 Å². The van der Waals surface area contributed by atoms with E-state index in [0.29, 0.717) is 0 Å². The molecule has 1 aromatic rings. The molecule has 17 heavy (non-hydrogen) atoms. The van der Waals surface area contributed by atoms with Crippen molar-refractivity contribution in [1.82, 2.24) is 5.43 Å². The lowest BCUT2D eigenvalue weighted by Gasteiger charge is -2.29. The van der Waals surface area contributed by atoms with Crippen molar-refractivity contribution in [1.29, 1.82) is 0 Å². The third-order valence-corrected chi connectivity index (χ3v) is 3.57. The SMILES string of the molecule is COc1cc(C(CC2CCC2)NN)ccc1F. The summed E-state index contributed by atoms with van der Waals surface area (Å²) in [5, 5.41) is 0. The Hall–Kier alpha value is -1.13. The summed E-state index contributed by atoms with van der Waals surface area (Å²) < 4.78 is 18.3. The second-order valence-electron chi connectivity index (χ2n) is 4.65. The molecule has 3 nitrogen and oxygen atoms in total. The Morgan fingerprint density at radius 2 is 2.29 bits per heavy atom. The Balaban J connectivity index is 2.11. The van der Waals surface area contributed by atoms with Crippen LogP contribution < -0.4 is 16.0 Å². The maximum Gasteiger partial charge on any atom is 0.165 e. The maximum atomic E-state index is 13.3. The van der Waals surface area contributed by atoms with E-state index in [-0.39, 0.29) is 17.6 Å². The molecule has 1 aromatic carbocycles. The Bertz CT molecular complexity index is 380. The Kier molecular flexibility index (Phi) is 3.97. The monoisotopic (exact) mass is 238 g/mol. The Morgan fingerprint density at radius 1 is 1.53 bits per heavy atom. The number of halogens is 1. The summed E-state index contributed by atoms with van der Waals surface area (Å²) >= 11 is 0. The lowest BCUT2D eigenvalue weighted by atomic mass is 9.80. The van der Waals surface area contributed by atoms with Crippen LogP contribution in [0.3, 0.4) is 0 Å². The zero-order valence-electron chi connectivity index (χ0n) is 10.1. The van der Waals surface area contributed by atoms with Crippen LogP contribution in [-0.2, 0) is 0 Å². The van der Waals surface area contributed by atoms with E-state index in [1.165, 1.54) is 32.4 Å². The molecule has 1 fully saturated rings. The third kappa shape index (κ3) is 2.76. The molecule has 1 aliphatic carbocycles. The lowest BCUT2D eigenvalue weighted by molar-refractivity contribution is 0.261. The zero-order valence-corrected chi connectivity index (χ0v) is 10.1. The molecule has 0 bridgehead atoms. The van der Waals surface area contributed by atoms with E-state index in [4.69, 9.17) is 10.6 Å². The first-order valence-corrected chi connectivity index (χ1v) is 6.04. The van der Waals surface area contributed by atoms with E-state index in [1.54, 1.807) is 12.1 Å². The fourth-order valence-corrected chi connectivity index (χ4v) is 2.26. The van der Waals surface area contributed by atoms with Crippen molar-refractivity contribution in [3.05, 3.63) is 29.6 Å². The van der Waals surface area contributed by atoms with Crippen LogP contribution >= 0.6 is 0 Å². The van der Waals surface area contributed by atoms with E-state index in [0.717, 1.165) is 17.9 Å². The van der Waals surface area contributed by atoms with Gasteiger partial charge in [0.2, 0.25) is 0 Å². The molecule has 1 aliphatic rings. The van der Waals surface area contributed by atoms with Crippen molar-refractivity contribution in [2.75, 3.05) is 7.11 Å². The average Bonchev–Trinajstić information content (AvgIpc) is 2.29. The van der Waals surface area contributed by atoms with E-state index in [2.05, 4.69) is 5.43 Å². The van der Waals surface area contributed by atoms with Crippen LogP contribution in [-0.4, -0.2) is 7.11 Å². The topological polar surface area (TPSA) is 47.3 Å². The van der Waals surface area contributed by atoms with E-state index in [1.807, 2.05) is 0 Å². The van der Waals surface area contributed by atoms with Gasteiger partial charge in [-0.3, -0.25) is 11.3 Å². The summed E-state index contributed by atoms with van der Waals surface area (Å²) in [6, 6.07) is 4.99. The minimum atomic E-state index is -0.337. The molecule has 0 amide bonds. The van der Waals surface area contributed by atoms with Gasteiger partial charge in [-0.2, -0.15) is 0 Å². The van der Waals surface area contributed by atoms with Gasteiger partial charge in [0.25, 0.3) is 0 Å². The fourth-order valence-electron chi connectivity index (χ4n) is 2.26. The van der Waals surface area contributed by atoms with Gasteiger partial charge >= 0.3 is 0 Å². The highest BCUT2D eigenvalue weighted by Gasteiger charge is 2.23. The number of nitrogens with two attached hydrogens (primary N) is 1. The minimum Gasteiger partial charge on any atom is -0.494 e. The molecule has 0 aliphatic heterocycles. The van der Waals surface area contributed by atoms with E-state index >= 15 is 0 Å². The zero-order chi connectivity index (χ0) is 12.3. The first-order chi connectivity index (χ1) is 8.24. The molecule has 0 radical (unpaired) electrons. The first kappa shape index (κ1) is 12.3. The van der Waals surface area contributed by atoms with Crippen LogP contribution in [0.2, 0.25) is 0 Å². The van der Waals surface area contributed by atoms with Crippen LogP contribution in [0.25, 0.3) is 0 Å². The van der Waals surface area contributed by atoms with Crippen molar-refractivity contribution in [2.24, 2.45) is 11.8 Å². The van der Waals surface area contributed by atoms with E-state index < -0.39 is 0 Å². The van der Waals surface area contributed by atoms with Gasteiger partial charge in [0.15, 0.2) is 11.6 Å². The molecule has 1 unspecified atom stereocenters. The molecule has 0 heterocycles. The fraction of sp³-hybridized carbons (Fsp3) is 0.538. The second-order valence-corrected chi connectivity index (χ2v) is 4.65. The number of hydrogen-bond acceptors (Lipinski definition) is 3. The third-order valence-electron chi connectivity index (χ3n) is 3.57. The van der Waals surface area contributed by atoms with Crippen LogP contribution in [0.1, 0.15) is 37.3 Å². The van der Waals surface area contributed by atoms with Crippen LogP contribution in [0.5, 0.6) is 5.75 Å². The maximum absolute atomic E-state index is 13.3. The van der Waals surface area contributed by atoms with Crippen molar-refractivity contribution >= 4 is 0 Å². The van der Waals surface area contributed by atoms with Crippen molar-refractivity contribution in [3.63, 3.8) is 0 Å². The molecule has 3 N–H and O–H groups in total. The molecule has 1 atom stereocenters. The average molecular weight is 238 g/mol. The van der Waals surface area contributed by atoms with Gasteiger partial charge in [-0.25, -0.2) is 4.39 Å². The predicted molar refractivity (Wildman–Crippen MR) is 65.0 cm³/mol. The summed E-state index contributed by atoms with van der Waals surface area (Å²) in [4.78, 5) is 0. The van der Waals surface area contributed by atoms with Crippen LogP contribution in [0.15, 0.2) is 18.2 Å². The number of ether oxygens (including phenoxy) is 1. The summed E-state index contributed by atoms with van der Waals surface area (Å²) in [6.45, 7) is 0. The van der Waals surface area contributed by atoms with Gasteiger partial charge in [0.05, 0.1) is 7.11 Å². The van der Waals surface area contributed by atoms with Gasteiger partial charge in [0, 0.05) is 6.04 Å². The molecule has 1 saturated carbocycles. The molecule has 94 valence electrons. The van der Waals surface area contributed by atoms with Crippen molar-refractivity contribution < 1.29 is 9.13 Å². The second kappa shape index (κ2) is 5.47. The van der Waals surface area contributed by atoms with Gasteiger partial charge in [0.1, 0.15) is 0 Å². The standard InChI is InChI=1S/C13H19FN2O/c1-17-13-8-10(5-6-11(13)14)12(16-15)7-9-3-2-4-9/h5-6,8-9,12,16H,2-4,7,15H2,1H3. The summed E-state index contributed by atoms with van der Waals surface area (Å²) in [6.07, 6.45) is 4.87. The van der Waals surface area contributed by atoms with Crippen molar-refractivity contribution in [3.8, 4) is 5.75 Å². The molecule has 0 spiro atoms. The normalized spacial score (nSPS) is 17.6. The predicted octanol–water partition coefficient (Wildman–Crippen LogP) is 2.53. The lowest BCUT2D eigenvalue weighted by Crippen LogP contribution is -2.31. The number of nitrogens with one attached hydrogen (secondary N) is 1. The summed E-state index contributed by atoms with van der Waals surface area (Å²) in [5.74, 6) is 6.26. The minimum absolute atomic E-state index is 0.0785. The molecular formula is C13H19FN2O. The van der Waals surface area contributed by atoms with Crippen LogP contribution in [0.4, 0.5) is 4.39 Å². The highest BCUT2D eigenvalue weighted by Crippen LogP contribution is 2.35. The summed E-state index contributed by atoms with van der Waals surface area (Å²) in [7, 11) is 1.47. The number of methoxy groups -OCH3 is 1. The quantitative estimate of drug-likeness (QED) is 0.612. The smallest absolute Gasteiger partial charge is 0.165 e. The number of benzene rings is 1. The van der Waals surface area contributed by atoms with Gasteiger partial charge in [-0.15, -0.1) is 0 Å². The van der Waals surface area contributed by atoms with E-state index in [9.17, 15) is 4.39 Å². The van der Waals surface area contributed by atoms with Crippen LogP contribution in [0, 0.1) is 11.7 Å². The largest absolute Gasteiger partial charge is 0.494 e. The number of rotatable bonds is 5. The number of hydrogen-bond donors (Lipinski definition) is 2. The molecule has 4 heteroatoms. The molecule has 0 aromatic heterocycles. The number of hydrazine groups is 1. The van der Waals surface area contributed by atoms with Gasteiger partial charge < -0.3 is 4.74 Å². The Labute approximate surface area is 101 Å². The molecular weight excluding hydrogens is 219 g/mol. The molecule has 2 rings (SSSR count). The molecule has 0 saturated heterocycles. The highest BCUT2D eigenvalue weighted by atomic mass is 19.1. The Morgan fingerprint density at radius 3 is 2.82 bits per heavy atom.